The number of amides is 2. The molecule has 0 spiro atoms. The van der Waals surface area contributed by atoms with Gasteiger partial charge in [-0.05, 0) is 29.8 Å². The lowest BCUT2D eigenvalue weighted by molar-refractivity contribution is -0.156. The molecule has 0 fully saturated rings. The summed E-state index contributed by atoms with van der Waals surface area (Å²) in [6.45, 7) is 0. The van der Waals surface area contributed by atoms with E-state index in [1.54, 1.807) is 103 Å². The van der Waals surface area contributed by atoms with Crippen LogP contribution in [0.15, 0.2) is 121 Å². The Morgan fingerprint density at radius 2 is 1.09 bits per heavy atom. The van der Waals surface area contributed by atoms with Crippen molar-refractivity contribution in [3.8, 4) is 0 Å². The Bertz CT molecular complexity index is 1260. The molecule has 4 aromatic rings. The Morgan fingerprint density at radius 1 is 0.600 bits per heavy atom. The van der Waals surface area contributed by atoms with Crippen LogP contribution in [0.25, 0.3) is 0 Å². The van der Waals surface area contributed by atoms with Crippen molar-refractivity contribution >= 4 is 23.5 Å². The first-order chi connectivity index (χ1) is 17.1. The second-order valence-electron chi connectivity index (χ2n) is 7.77. The molecular formula is C29H24N2O4. The fourth-order valence-corrected chi connectivity index (χ4v) is 3.54. The molecule has 4 aromatic carbocycles. The summed E-state index contributed by atoms with van der Waals surface area (Å²) in [7, 11) is 0. The van der Waals surface area contributed by atoms with E-state index in [0.29, 0.717) is 22.4 Å². The Hall–Kier alpha value is -4.71. The molecule has 0 saturated carbocycles. The number of hydrogen-bond donors (Lipinski definition) is 2. The van der Waals surface area contributed by atoms with E-state index in [9.17, 15) is 14.4 Å². The van der Waals surface area contributed by atoms with Gasteiger partial charge in [0, 0.05) is 16.8 Å². The minimum Gasteiger partial charge on any atom is -0.445 e. The molecule has 2 N–H and O–H groups in total. The average Bonchev–Trinajstić information content (AvgIpc) is 2.92. The number of hydrogen-bond acceptors (Lipinski definition) is 4. The van der Waals surface area contributed by atoms with Crippen molar-refractivity contribution in [3.63, 3.8) is 0 Å². The Balaban J connectivity index is 1.60. The summed E-state index contributed by atoms with van der Waals surface area (Å²) in [4.78, 5) is 39.5. The molecule has 0 aliphatic carbocycles. The zero-order valence-electron chi connectivity index (χ0n) is 18.8. The number of benzene rings is 4. The van der Waals surface area contributed by atoms with Crippen LogP contribution >= 0.6 is 0 Å². The quantitative estimate of drug-likeness (QED) is 0.356. The second-order valence-corrected chi connectivity index (χ2v) is 7.77. The average molecular weight is 465 g/mol. The standard InChI is InChI=1S/C29H24N2O4/c32-27(23-17-9-3-10-18-23)31-25(21-13-5-1-6-14-21)29(34)35-26(22-15-7-2-8-16-22)28(33)30-24-19-11-4-12-20-24/h1-20,25-26H,(H,30,33)(H,31,32). The zero-order valence-corrected chi connectivity index (χ0v) is 18.8. The molecule has 6 nitrogen and oxygen atoms in total. The van der Waals surface area contributed by atoms with Gasteiger partial charge in [0.15, 0.2) is 6.04 Å². The van der Waals surface area contributed by atoms with E-state index in [1.165, 1.54) is 0 Å². The van der Waals surface area contributed by atoms with E-state index in [4.69, 9.17) is 4.74 Å². The molecule has 2 atom stereocenters. The number of ether oxygens (including phenoxy) is 1. The summed E-state index contributed by atoms with van der Waals surface area (Å²) in [5.41, 5.74) is 2.03. The minimum absolute atomic E-state index is 0.405. The number of nitrogens with one attached hydrogen (secondary N) is 2. The molecule has 0 aliphatic rings. The van der Waals surface area contributed by atoms with Gasteiger partial charge in [0.1, 0.15) is 0 Å². The van der Waals surface area contributed by atoms with Gasteiger partial charge in [-0.1, -0.05) is 97.1 Å². The summed E-state index contributed by atoms with van der Waals surface area (Å²) >= 11 is 0. The van der Waals surface area contributed by atoms with Crippen LogP contribution in [0.4, 0.5) is 5.69 Å². The minimum atomic E-state index is -1.22. The summed E-state index contributed by atoms with van der Waals surface area (Å²) in [6.07, 6.45) is -1.22. The molecule has 4 rings (SSSR count). The summed E-state index contributed by atoms with van der Waals surface area (Å²) in [6, 6.07) is 33.9. The molecule has 0 heterocycles. The highest BCUT2D eigenvalue weighted by molar-refractivity contribution is 5.99. The van der Waals surface area contributed by atoms with Gasteiger partial charge < -0.3 is 15.4 Å². The van der Waals surface area contributed by atoms with Crippen molar-refractivity contribution in [2.24, 2.45) is 0 Å². The maximum absolute atomic E-state index is 13.4. The van der Waals surface area contributed by atoms with Crippen LogP contribution < -0.4 is 10.6 Å². The van der Waals surface area contributed by atoms with Crippen LogP contribution in [0.3, 0.4) is 0 Å². The second kappa shape index (κ2) is 11.4. The Morgan fingerprint density at radius 3 is 1.66 bits per heavy atom. The maximum atomic E-state index is 13.4. The summed E-state index contributed by atoms with van der Waals surface area (Å²) in [5, 5.41) is 5.54. The summed E-state index contributed by atoms with van der Waals surface area (Å²) < 4.78 is 5.76. The monoisotopic (exact) mass is 464 g/mol. The highest BCUT2D eigenvalue weighted by atomic mass is 16.5. The lowest BCUT2D eigenvalue weighted by Crippen LogP contribution is -2.37. The SMILES string of the molecule is O=C(NC(C(=O)OC(C(=O)Nc1ccccc1)c1ccccc1)c1ccccc1)c1ccccc1. The third-order valence-electron chi connectivity index (χ3n) is 5.30. The zero-order chi connectivity index (χ0) is 24.5. The van der Waals surface area contributed by atoms with E-state index in [1.807, 2.05) is 18.2 Å². The van der Waals surface area contributed by atoms with E-state index >= 15 is 0 Å². The summed E-state index contributed by atoms with van der Waals surface area (Å²) in [5.74, 6) is -1.68. The van der Waals surface area contributed by atoms with Crippen molar-refractivity contribution < 1.29 is 19.1 Å². The van der Waals surface area contributed by atoms with E-state index in [2.05, 4.69) is 10.6 Å². The van der Waals surface area contributed by atoms with Crippen LogP contribution in [0.2, 0.25) is 0 Å². The number of carbonyl (C=O) groups excluding carboxylic acids is 3. The molecule has 0 radical (unpaired) electrons. The van der Waals surface area contributed by atoms with Crippen molar-refractivity contribution in [2.45, 2.75) is 12.1 Å². The Kier molecular flexibility index (Phi) is 7.66. The van der Waals surface area contributed by atoms with Crippen LogP contribution in [-0.4, -0.2) is 17.8 Å². The van der Waals surface area contributed by atoms with Crippen molar-refractivity contribution in [1.82, 2.24) is 5.32 Å². The van der Waals surface area contributed by atoms with E-state index < -0.39 is 29.9 Å². The normalized spacial score (nSPS) is 12.1. The van der Waals surface area contributed by atoms with Gasteiger partial charge in [-0.15, -0.1) is 0 Å². The lowest BCUT2D eigenvalue weighted by atomic mass is 10.1. The number of rotatable bonds is 8. The molecule has 2 amide bonds. The predicted molar refractivity (Wildman–Crippen MR) is 133 cm³/mol. The fraction of sp³-hybridized carbons (Fsp3) is 0.0690. The van der Waals surface area contributed by atoms with Gasteiger partial charge in [-0.2, -0.15) is 0 Å². The van der Waals surface area contributed by atoms with Crippen LogP contribution in [0.1, 0.15) is 33.6 Å². The number of para-hydroxylation sites is 1. The van der Waals surface area contributed by atoms with Crippen molar-refractivity contribution in [2.75, 3.05) is 5.32 Å². The van der Waals surface area contributed by atoms with Crippen LogP contribution in [-0.2, 0) is 14.3 Å². The molecular weight excluding hydrogens is 440 g/mol. The van der Waals surface area contributed by atoms with Crippen molar-refractivity contribution in [3.05, 3.63) is 138 Å². The molecule has 0 bridgehead atoms. The topological polar surface area (TPSA) is 84.5 Å². The molecule has 2 unspecified atom stereocenters. The van der Waals surface area contributed by atoms with Gasteiger partial charge in [-0.3, -0.25) is 9.59 Å². The molecule has 0 aliphatic heterocycles. The van der Waals surface area contributed by atoms with Crippen molar-refractivity contribution in [1.29, 1.82) is 0 Å². The molecule has 6 heteroatoms. The number of carbonyl (C=O) groups is 3. The molecule has 35 heavy (non-hydrogen) atoms. The van der Waals surface area contributed by atoms with E-state index in [0.717, 1.165) is 0 Å². The fourth-order valence-electron chi connectivity index (χ4n) is 3.54. The first-order valence-corrected chi connectivity index (χ1v) is 11.1. The lowest BCUT2D eigenvalue weighted by Gasteiger charge is -2.23. The highest BCUT2D eigenvalue weighted by Crippen LogP contribution is 2.24. The largest absolute Gasteiger partial charge is 0.445 e. The predicted octanol–water partition coefficient (Wildman–Crippen LogP) is 5.08. The molecule has 174 valence electrons. The van der Waals surface area contributed by atoms with Gasteiger partial charge in [-0.25, -0.2) is 4.79 Å². The van der Waals surface area contributed by atoms with Gasteiger partial charge in [0.2, 0.25) is 6.10 Å². The third kappa shape index (κ3) is 6.21. The van der Waals surface area contributed by atoms with Gasteiger partial charge in [0.05, 0.1) is 0 Å². The van der Waals surface area contributed by atoms with Crippen LogP contribution in [0.5, 0.6) is 0 Å². The van der Waals surface area contributed by atoms with Gasteiger partial charge in [0.25, 0.3) is 11.8 Å². The number of anilines is 1. The molecule has 0 saturated heterocycles. The van der Waals surface area contributed by atoms with E-state index in [-0.39, 0.29) is 0 Å². The smallest absolute Gasteiger partial charge is 0.334 e. The third-order valence-corrected chi connectivity index (χ3v) is 5.30. The maximum Gasteiger partial charge on any atom is 0.334 e. The molecule has 0 aromatic heterocycles. The number of esters is 1. The van der Waals surface area contributed by atoms with Gasteiger partial charge >= 0.3 is 5.97 Å². The van der Waals surface area contributed by atoms with Crippen LogP contribution in [0, 0.1) is 0 Å². The Labute approximate surface area is 203 Å². The first kappa shape index (κ1) is 23.4. The highest BCUT2D eigenvalue weighted by Gasteiger charge is 2.31. The first-order valence-electron chi connectivity index (χ1n) is 11.1.